The van der Waals surface area contributed by atoms with E-state index in [1.165, 1.54) is 6.07 Å². The molecule has 3 heterocycles. The molecule has 144 valence electrons. The molecule has 1 saturated heterocycles. The lowest BCUT2D eigenvalue weighted by molar-refractivity contribution is 0.156. The number of carboxylic acid groups (broad SMARTS) is 1. The first-order valence-corrected chi connectivity index (χ1v) is 9.40. The zero-order chi connectivity index (χ0) is 19.4. The third-order valence-corrected chi connectivity index (χ3v) is 5.18. The summed E-state index contributed by atoms with van der Waals surface area (Å²) < 4.78 is 13.5. The summed E-state index contributed by atoms with van der Waals surface area (Å²) in [6.07, 6.45) is 2.92. The van der Waals surface area contributed by atoms with Crippen LogP contribution < -0.4 is 16.0 Å². The van der Waals surface area contributed by atoms with Crippen molar-refractivity contribution in [3.63, 3.8) is 0 Å². The van der Waals surface area contributed by atoms with E-state index in [0.717, 1.165) is 12.1 Å². The van der Waals surface area contributed by atoms with Gasteiger partial charge in [-0.3, -0.25) is 4.98 Å². The fourth-order valence-electron chi connectivity index (χ4n) is 3.54. The molecule has 0 aliphatic carbocycles. The number of rotatable bonds is 5. The van der Waals surface area contributed by atoms with Crippen LogP contribution in [0.3, 0.4) is 0 Å². The molecule has 0 unspecified atom stereocenters. The number of amides is 1. The van der Waals surface area contributed by atoms with Crippen LogP contribution in [-0.2, 0) is 12.1 Å². The average Bonchev–Trinajstić information content (AvgIpc) is 2.62. The molecule has 2 aromatic heterocycles. The summed E-state index contributed by atoms with van der Waals surface area (Å²) in [5.74, 6) is -0.117. The van der Waals surface area contributed by atoms with Gasteiger partial charge in [-0.05, 0) is 53.0 Å². The maximum atomic E-state index is 13.4. The average molecular weight is 438 g/mol. The topological polar surface area (TPSA) is 99.2 Å². The first-order chi connectivity index (χ1) is 12.9. The van der Waals surface area contributed by atoms with E-state index < -0.39 is 17.4 Å². The molecule has 0 radical (unpaired) electrons. The number of nitrogens with zero attached hydrogens (tertiary/aromatic N) is 2. The van der Waals surface area contributed by atoms with Crippen LogP contribution in [0.1, 0.15) is 24.6 Å². The molecule has 1 fully saturated rings. The van der Waals surface area contributed by atoms with E-state index in [1.54, 1.807) is 18.5 Å². The van der Waals surface area contributed by atoms with Gasteiger partial charge in [0.25, 0.3) is 0 Å². The Balaban J connectivity index is 1.89. The summed E-state index contributed by atoms with van der Waals surface area (Å²) in [7, 11) is 0. The predicted octanol–water partition coefficient (Wildman–Crippen LogP) is 3.08. The molecular formula is C18H21BrFN5O2. The second-order valence-corrected chi connectivity index (χ2v) is 7.55. The van der Waals surface area contributed by atoms with Gasteiger partial charge >= 0.3 is 6.09 Å². The van der Waals surface area contributed by atoms with E-state index in [9.17, 15) is 14.3 Å². The highest BCUT2D eigenvalue weighted by atomic mass is 79.9. The van der Waals surface area contributed by atoms with Gasteiger partial charge in [0.15, 0.2) is 5.82 Å². The van der Waals surface area contributed by atoms with Gasteiger partial charge in [-0.1, -0.05) is 6.92 Å². The first-order valence-electron chi connectivity index (χ1n) is 8.61. The third-order valence-electron chi connectivity index (χ3n) is 4.62. The Morgan fingerprint density at radius 3 is 3.00 bits per heavy atom. The van der Waals surface area contributed by atoms with Gasteiger partial charge < -0.3 is 21.1 Å². The number of piperidine rings is 1. The van der Waals surface area contributed by atoms with E-state index in [4.69, 9.17) is 0 Å². The minimum atomic E-state index is -1.07. The van der Waals surface area contributed by atoms with E-state index in [-0.39, 0.29) is 4.60 Å². The molecule has 1 aliphatic heterocycles. The van der Waals surface area contributed by atoms with Crippen LogP contribution in [0.4, 0.5) is 14.9 Å². The number of hydrogen-bond acceptors (Lipinski definition) is 5. The highest BCUT2D eigenvalue weighted by Gasteiger charge is 2.39. The number of pyridine rings is 2. The summed E-state index contributed by atoms with van der Waals surface area (Å²) >= 11 is 3.08. The Bertz CT molecular complexity index is 837. The number of halogens is 2. The minimum absolute atomic E-state index is 0.155. The molecule has 1 amide bonds. The maximum absolute atomic E-state index is 13.4. The molecule has 27 heavy (non-hydrogen) atoms. The molecule has 1 aliphatic rings. The molecule has 0 aromatic carbocycles. The number of hydrogen-bond donors (Lipinski definition) is 4. The quantitative estimate of drug-likeness (QED) is 0.536. The fourth-order valence-corrected chi connectivity index (χ4v) is 3.90. The molecule has 0 saturated carbocycles. The van der Waals surface area contributed by atoms with Crippen molar-refractivity contribution in [2.75, 3.05) is 18.4 Å². The van der Waals surface area contributed by atoms with Crippen molar-refractivity contribution in [1.29, 1.82) is 0 Å². The summed E-state index contributed by atoms with van der Waals surface area (Å²) in [5, 5.41) is 18.7. The number of anilines is 1. The number of nitrogens with one attached hydrogen (secondary N) is 3. The lowest BCUT2D eigenvalue weighted by Crippen LogP contribution is -2.57. The predicted molar refractivity (Wildman–Crippen MR) is 103 cm³/mol. The van der Waals surface area contributed by atoms with E-state index >= 15 is 0 Å². The minimum Gasteiger partial charge on any atom is -0.465 e. The van der Waals surface area contributed by atoms with E-state index in [1.807, 2.05) is 6.07 Å². The monoisotopic (exact) mass is 437 g/mol. The third kappa shape index (κ3) is 4.54. The zero-order valence-corrected chi connectivity index (χ0v) is 16.4. The van der Waals surface area contributed by atoms with Gasteiger partial charge in [0.2, 0.25) is 0 Å². The Kier molecular flexibility index (Phi) is 5.91. The second kappa shape index (κ2) is 8.18. The Hall–Kier alpha value is -2.26. The van der Waals surface area contributed by atoms with Crippen LogP contribution in [0.2, 0.25) is 0 Å². The highest BCUT2D eigenvalue weighted by molar-refractivity contribution is 9.10. The van der Waals surface area contributed by atoms with Gasteiger partial charge in [-0.15, -0.1) is 0 Å². The van der Waals surface area contributed by atoms with Crippen molar-refractivity contribution in [3.05, 3.63) is 52.3 Å². The lowest BCUT2D eigenvalue weighted by atomic mass is 9.78. The molecule has 4 N–H and O–H groups in total. The van der Waals surface area contributed by atoms with E-state index in [0.29, 0.717) is 36.8 Å². The van der Waals surface area contributed by atoms with Crippen molar-refractivity contribution in [2.24, 2.45) is 5.92 Å². The van der Waals surface area contributed by atoms with Crippen LogP contribution in [0, 0.1) is 11.7 Å². The smallest absolute Gasteiger partial charge is 0.405 e. The van der Waals surface area contributed by atoms with Crippen molar-refractivity contribution < 1.29 is 14.3 Å². The molecule has 7 nitrogen and oxygen atoms in total. The molecule has 2 aromatic rings. The van der Waals surface area contributed by atoms with Crippen LogP contribution >= 0.6 is 15.9 Å². The summed E-state index contributed by atoms with van der Waals surface area (Å²) in [6.45, 7) is 3.76. The van der Waals surface area contributed by atoms with Crippen molar-refractivity contribution >= 4 is 27.7 Å². The van der Waals surface area contributed by atoms with Crippen LogP contribution in [-0.4, -0.2) is 34.3 Å². The SMILES string of the molecule is C[C@H]1CNC[C@@](NC(=O)O)(c2ccncc2NCc2ccc(F)c(Br)n2)C1. The van der Waals surface area contributed by atoms with Gasteiger partial charge in [-0.25, -0.2) is 14.2 Å². The fraction of sp³-hybridized carbons (Fsp3) is 0.389. The van der Waals surface area contributed by atoms with Crippen LogP contribution in [0.5, 0.6) is 0 Å². The standard InChI is InChI=1S/C18H21BrFN5O2/c1-11-6-18(10-22-7-11,25-17(26)27)13-4-5-21-9-15(13)23-8-12-2-3-14(20)16(19)24-12/h2-5,9,11,22-23,25H,6-8,10H2,1H3,(H,26,27)/t11-,18-/m1/s1. The lowest BCUT2D eigenvalue weighted by Gasteiger charge is -2.41. The van der Waals surface area contributed by atoms with Crippen LogP contribution in [0.15, 0.2) is 35.2 Å². The highest BCUT2D eigenvalue weighted by Crippen LogP contribution is 2.35. The van der Waals surface area contributed by atoms with Gasteiger partial charge in [0.1, 0.15) is 4.60 Å². The van der Waals surface area contributed by atoms with Crippen molar-refractivity contribution in [3.8, 4) is 0 Å². The molecule has 3 rings (SSSR count). The Labute approximate surface area is 164 Å². The Morgan fingerprint density at radius 2 is 2.30 bits per heavy atom. The zero-order valence-electron chi connectivity index (χ0n) is 14.8. The number of carbonyl (C=O) groups is 1. The van der Waals surface area contributed by atoms with E-state index in [2.05, 4.69) is 48.8 Å². The van der Waals surface area contributed by atoms with Crippen molar-refractivity contribution in [2.45, 2.75) is 25.4 Å². The Morgan fingerprint density at radius 1 is 1.48 bits per heavy atom. The molecular weight excluding hydrogens is 417 g/mol. The molecule has 0 bridgehead atoms. The van der Waals surface area contributed by atoms with Gasteiger partial charge in [0.05, 0.1) is 29.7 Å². The molecule has 9 heteroatoms. The first kappa shape index (κ1) is 19.5. The molecule has 2 atom stereocenters. The number of aromatic nitrogens is 2. The normalized spacial score (nSPS) is 22.3. The van der Waals surface area contributed by atoms with Gasteiger partial charge in [-0.2, -0.15) is 0 Å². The summed E-state index contributed by atoms with van der Waals surface area (Å²) in [5.41, 5.74) is 1.42. The molecule has 0 spiro atoms. The summed E-state index contributed by atoms with van der Waals surface area (Å²) in [4.78, 5) is 19.8. The van der Waals surface area contributed by atoms with Gasteiger partial charge in [0, 0.05) is 18.3 Å². The second-order valence-electron chi connectivity index (χ2n) is 6.80. The largest absolute Gasteiger partial charge is 0.465 e. The summed E-state index contributed by atoms with van der Waals surface area (Å²) in [6, 6.07) is 4.77. The van der Waals surface area contributed by atoms with Crippen LogP contribution in [0.25, 0.3) is 0 Å². The maximum Gasteiger partial charge on any atom is 0.405 e. The van der Waals surface area contributed by atoms with Crippen molar-refractivity contribution in [1.82, 2.24) is 20.6 Å².